The van der Waals surface area contributed by atoms with E-state index in [4.69, 9.17) is 18.2 Å². The van der Waals surface area contributed by atoms with Crippen LogP contribution in [-0.2, 0) is 31.9 Å². The summed E-state index contributed by atoms with van der Waals surface area (Å²) in [6.07, 6.45) is 1.70. The molecule has 0 bridgehead atoms. The molecule has 2 heterocycles. The SMILES string of the molecule is [2H]C([2H])([2H])c1ccc(-c2ccccc2)cc1-c1ccnc(-c2[c-]c(-c3cccc4c3nc(-c3cc(C(C)(C)C)cc(C(C)(C)C)c3O)n4-c3ccc(-c4ccccc4)cc3C([2H])([2H])[2H])cc(-c3ccccc3)c2)c1.[Pt]. The summed E-state index contributed by atoms with van der Waals surface area (Å²) in [4.78, 5) is 10.4. The van der Waals surface area contributed by atoms with Gasteiger partial charge in [-0.05, 0) is 117 Å². The normalized spacial score (nSPS) is 13.4. The molecular formula is C64H56N3OPt-. The van der Waals surface area contributed by atoms with Crippen LogP contribution in [0.25, 0.3) is 95.0 Å². The maximum Gasteiger partial charge on any atom is 0.148 e. The van der Waals surface area contributed by atoms with Crippen molar-refractivity contribution in [1.29, 1.82) is 0 Å². The fourth-order valence-corrected chi connectivity index (χ4v) is 9.08. The van der Waals surface area contributed by atoms with Crippen molar-refractivity contribution >= 4 is 11.0 Å². The molecular weight excluding hydrogens is 1020 g/mol. The van der Waals surface area contributed by atoms with Crippen molar-refractivity contribution in [3.63, 3.8) is 0 Å². The Morgan fingerprint density at radius 1 is 0.507 bits per heavy atom. The van der Waals surface area contributed by atoms with Crippen molar-refractivity contribution in [2.45, 2.75) is 66.1 Å². The number of para-hydroxylation sites is 1. The van der Waals surface area contributed by atoms with Crippen molar-refractivity contribution in [2.24, 2.45) is 0 Å². The third kappa shape index (κ3) is 9.27. The molecule has 4 nitrogen and oxygen atoms in total. The molecule has 10 aromatic rings. The van der Waals surface area contributed by atoms with Crippen LogP contribution in [0, 0.1) is 19.8 Å². The Kier molecular flexibility index (Phi) is 10.8. The summed E-state index contributed by atoms with van der Waals surface area (Å²) in [6, 6.07) is 62.2. The molecule has 0 aliphatic rings. The van der Waals surface area contributed by atoms with Crippen molar-refractivity contribution < 1.29 is 34.4 Å². The number of aromatic hydroxyl groups is 1. The van der Waals surface area contributed by atoms with Gasteiger partial charge < -0.3 is 5.11 Å². The molecule has 0 radical (unpaired) electrons. The molecule has 0 spiro atoms. The van der Waals surface area contributed by atoms with Crippen LogP contribution in [0.2, 0.25) is 0 Å². The number of benzene rings is 8. The van der Waals surface area contributed by atoms with E-state index in [2.05, 4.69) is 59.7 Å². The zero-order chi connectivity index (χ0) is 52.3. The Hall–Kier alpha value is -7.13. The Morgan fingerprint density at radius 2 is 1.13 bits per heavy atom. The molecule has 0 aliphatic carbocycles. The summed E-state index contributed by atoms with van der Waals surface area (Å²) in [5.74, 6) is 0.456. The van der Waals surface area contributed by atoms with Gasteiger partial charge in [0.15, 0.2) is 0 Å². The summed E-state index contributed by atoms with van der Waals surface area (Å²) in [5, 5.41) is 12.5. The Balaban J connectivity index is 0.00000689. The van der Waals surface area contributed by atoms with Gasteiger partial charge in [0.2, 0.25) is 0 Å². The first kappa shape index (κ1) is 39.8. The molecule has 5 heteroatoms. The van der Waals surface area contributed by atoms with Gasteiger partial charge in [0.05, 0.1) is 22.3 Å². The number of phenols is 1. The number of nitrogens with zero attached hydrogens (tertiary/aromatic N) is 3. The zero-order valence-electron chi connectivity index (χ0n) is 45.5. The maximum absolute atomic E-state index is 12.5. The average Bonchev–Trinajstić information content (AvgIpc) is 3.77. The minimum absolute atomic E-state index is 0. The molecule has 69 heavy (non-hydrogen) atoms. The first-order valence-corrected chi connectivity index (χ1v) is 23.0. The van der Waals surface area contributed by atoms with E-state index in [1.54, 1.807) is 18.3 Å². The second-order valence-electron chi connectivity index (χ2n) is 19.6. The number of aryl methyl sites for hydroxylation is 2. The van der Waals surface area contributed by atoms with Gasteiger partial charge in [-0.1, -0.05) is 192 Å². The van der Waals surface area contributed by atoms with E-state index < -0.39 is 19.1 Å². The van der Waals surface area contributed by atoms with Crippen molar-refractivity contribution in [1.82, 2.24) is 14.5 Å². The number of hydrogen-bond donors (Lipinski definition) is 1. The van der Waals surface area contributed by atoms with Crippen LogP contribution >= 0.6 is 0 Å². The molecule has 10 rings (SSSR count). The van der Waals surface area contributed by atoms with E-state index in [0.717, 1.165) is 50.1 Å². The Bertz CT molecular complexity index is 3720. The topological polar surface area (TPSA) is 50.9 Å². The summed E-state index contributed by atoms with van der Waals surface area (Å²) in [5.41, 5.74) is 12.7. The summed E-state index contributed by atoms with van der Waals surface area (Å²) >= 11 is 0. The molecule has 2 aromatic heterocycles. The van der Waals surface area contributed by atoms with Gasteiger partial charge in [-0.15, -0.1) is 23.8 Å². The van der Waals surface area contributed by atoms with Crippen LogP contribution in [-0.4, -0.2) is 19.6 Å². The van der Waals surface area contributed by atoms with E-state index in [9.17, 15) is 5.11 Å². The summed E-state index contributed by atoms with van der Waals surface area (Å²) < 4.78 is 54.5. The van der Waals surface area contributed by atoms with Gasteiger partial charge in [-0.3, -0.25) is 9.55 Å². The third-order valence-electron chi connectivity index (χ3n) is 12.8. The summed E-state index contributed by atoms with van der Waals surface area (Å²) in [6.45, 7) is 7.70. The van der Waals surface area contributed by atoms with Crippen LogP contribution in [0.5, 0.6) is 5.75 Å². The average molecular weight is 1080 g/mol. The number of fused-ring (bicyclic) bond motifs is 1. The smallest absolute Gasteiger partial charge is 0.148 e. The quantitative estimate of drug-likeness (QED) is 0.154. The molecule has 0 saturated carbocycles. The molecule has 1 N–H and O–H groups in total. The molecule has 344 valence electrons. The molecule has 0 unspecified atom stereocenters. The number of pyridine rings is 1. The monoisotopic (exact) mass is 1080 g/mol. The van der Waals surface area contributed by atoms with E-state index >= 15 is 0 Å². The predicted octanol–water partition coefficient (Wildman–Crippen LogP) is 16.8. The van der Waals surface area contributed by atoms with Gasteiger partial charge in [-0.2, -0.15) is 0 Å². The van der Waals surface area contributed by atoms with Crippen molar-refractivity contribution in [3.05, 3.63) is 217 Å². The number of aromatic nitrogens is 3. The molecule has 0 atom stereocenters. The number of rotatable bonds is 8. The van der Waals surface area contributed by atoms with Gasteiger partial charge in [0, 0.05) is 46.7 Å². The van der Waals surface area contributed by atoms with E-state index in [0.29, 0.717) is 56.1 Å². The first-order chi connectivity index (χ1) is 35.1. The van der Waals surface area contributed by atoms with Crippen LogP contribution in [0.1, 0.15) is 72.0 Å². The fourth-order valence-electron chi connectivity index (χ4n) is 9.08. The number of hydrogen-bond acceptors (Lipinski definition) is 3. The van der Waals surface area contributed by atoms with Crippen LogP contribution in [0.3, 0.4) is 0 Å². The second kappa shape index (κ2) is 18.7. The number of phenolic OH excluding ortho intramolecular Hbond substituents is 1. The molecule has 0 fully saturated rings. The largest absolute Gasteiger partial charge is 0.507 e. The zero-order valence-corrected chi connectivity index (χ0v) is 41.8. The Labute approximate surface area is 430 Å². The molecule has 0 saturated heterocycles. The van der Waals surface area contributed by atoms with Gasteiger partial charge in [0.25, 0.3) is 0 Å². The molecule has 0 aliphatic heterocycles. The molecule has 8 aromatic carbocycles. The van der Waals surface area contributed by atoms with Gasteiger partial charge in [0.1, 0.15) is 11.6 Å². The summed E-state index contributed by atoms with van der Waals surface area (Å²) in [7, 11) is 0. The second-order valence-corrected chi connectivity index (χ2v) is 19.6. The first-order valence-electron chi connectivity index (χ1n) is 26.0. The van der Waals surface area contributed by atoms with Crippen LogP contribution in [0.4, 0.5) is 0 Å². The maximum atomic E-state index is 12.5. The van der Waals surface area contributed by atoms with E-state index in [-0.39, 0.29) is 43.4 Å². The minimum atomic E-state index is -2.54. The van der Waals surface area contributed by atoms with Gasteiger partial charge in [-0.25, -0.2) is 4.98 Å². The standard InChI is InChI=1S/C64H56N3O.Pt/c1-41-27-28-47(44-21-14-10-15-22-44)37-54(41)48-31-32-65-57(38-48)51-35-49(45-23-16-11-17-24-45)34-50(36-51)53-25-18-26-59-60(53)66-62(55-39-52(63(3,4)5)40-56(61(55)68)64(6,7)8)67(59)58-30-29-46(33-42(58)2)43-19-12-9-13-20-43;/h9-35,37-40,68H,1-8H3;/q-1;/i1D3,2D3;. The minimum Gasteiger partial charge on any atom is -0.507 e. The van der Waals surface area contributed by atoms with Crippen LogP contribution in [0.15, 0.2) is 188 Å². The third-order valence-corrected chi connectivity index (χ3v) is 12.8. The number of imidazole rings is 1. The Morgan fingerprint density at radius 3 is 1.77 bits per heavy atom. The van der Waals surface area contributed by atoms with Crippen molar-refractivity contribution in [3.8, 4) is 89.7 Å². The molecule has 0 amide bonds. The fraction of sp³-hybridized carbons (Fsp3) is 0.156. The van der Waals surface area contributed by atoms with Crippen molar-refractivity contribution in [2.75, 3.05) is 0 Å². The predicted molar refractivity (Wildman–Crippen MR) is 284 cm³/mol. The van der Waals surface area contributed by atoms with Crippen LogP contribution < -0.4 is 0 Å². The van der Waals surface area contributed by atoms with Gasteiger partial charge >= 0.3 is 0 Å². The van der Waals surface area contributed by atoms with E-state index in [1.807, 2.05) is 162 Å². The van der Waals surface area contributed by atoms with E-state index in [1.165, 1.54) is 0 Å².